The van der Waals surface area contributed by atoms with Crippen molar-refractivity contribution < 1.29 is 14.7 Å². The number of benzene rings is 1. The Kier molecular flexibility index (Phi) is 6.63. The molecule has 1 saturated heterocycles. The van der Waals surface area contributed by atoms with Gasteiger partial charge in [-0.3, -0.25) is 9.59 Å². The molecular formula is C18H25ClN2O3. The molecule has 2 rings (SSSR count). The molecule has 1 aromatic rings. The molecule has 1 heterocycles. The molecule has 1 unspecified atom stereocenters. The lowest BCUT2D eigenvalue weighted by Gasteiger charge is -2.35. The Labute approximate surface area is 148 Å². The first-order chi connectivity index (χ1) is 11.4. The van der Waals surface area contributed by atoms with Crippen LogP contribution >= 0.6 is 11.6 Å². The second-order valence-corrected chi connectivity index (χ2v) is 6.91. The van der Waals surface area contributed by atoms with Crippen LogP contribution in [0, 0.1) is 5.92 Å². The van der Waals surface area contributed by atoms with Gasteiger partial charge in [0.05, 0.1) is 10.6 Å². The van der Waals surface area contributed by atoms with Gasteiger partial charge in [0.15, 0.2) is 0 Å². The zero-order chi connectivity index (χ0) is 17.7. The first-order valence-corrected chi connectivity index (χ1v) is 8.84. The van der Waals surface area contributed by atoms with Crippen LogP contribution in [0.15, 0.2) is 18.2 Å². The molecule has 0 saturated carbocycles. The third-order valence-electron chi connectivity index (χ3n) is 4.34. The molecule has 24 heavy (non-hydrogen) atoms. The van der Waals surface area contributed by atoms with Crippen LogP contribution in [-0.4, -0.2) is 41.0 Å². The fraction of sp³-hybridized carbons (Fsp3) is 0.556. The van der Waals surface area contributed by atoms with Crippen LogP contribution in [0.5, 0.6) is 0 Å². The SMILES string of the molecule is CC(C)C(=O)Nc1ccc(Cl)c(C(=O)N2CCCCC2CCO)c1. The van der Waals surface area contributed by atoms with Gasteiger partial charge in [0.1, 0.15) is 0 Å². The van der Waals surface area contributed by atoms with Crippen molar-refractivity contribution in [1.82, 2.24) is 4.90 Å². The summed E-state index contributed by atoms with van der Waals surface area (Å²) in [4.78, 5) is 26.6. The summed E-state index contributed by atoms with van der Waals surface area (Å²) >= 11 is 6.22. The van der Waals surface area contributed by atoms with E-state index in [4.69, 9.17) is 11.6 Å². The van der Waals surface area contributed by atoms with Gasteiger partial charge in [-0.25, -0.2) is 0 Å². The molecule has 0 aliphatic carbocycles. The minimum atomic E-state index is -0.143. The van der Waals surface area contributed by atoms with Gasteiger partial charge in [-0.05, 0) is 43.9 Å². The first-order valence-electron chi connectivity index (χ1n) is 8.46. The number of hydrogen-bond donors (Lipinski definition) is 2. The monoisotopic (exact) mass is 352 g/mol. The molecule has 1 fully saturated rings. The molecular weight excluding hydrogens is 328 g/mol. The average Bonchev–Trinajstić information content (AvgIpc) is 2.56. The highest BCUT2D eigenvalue weighted by atomic mass is 35.5. The van der Waals surface area contributed by atoms with Gasteiger partial charge >= 0.3 is 0 Å². The zero-order valence-electron chi connectivity index (χ0n) is 14.2. The van der Waals surface area contributed by atoms with Crippen molar-refractivity contribution in [3.8, 4) is 0 Å². The standard InChI is InChI=1S/C18H25ClN2O3/c1-12(2)17(23)20-13-6-7-16(19)15(11-13)18(24)21-9-4-3-5-14(21)8-10-22/h6-7,11-12,14,22H,3-5,8-10H2,1-2H3,(H,20,23). The smallest absolute Gasteiger partial charge is 0.255 e. The van der Waals surface area contributed by atoms with E-state index in [1.165, 1.54) is 0 Å². The summed E-state index contributed by atoms with van der Waals surface area (Å²) < 4.78 is 0. The van der Waals surface area contributed by atoms with E-state index in [2.05, 4.69) is 5.32 Å². The van der Waals surface area contributed by atoms with Crippen molar-refractivity contribution in [2.24, 2.45) is 5.92 Å². The summed E-state index contributed by atoms with van der Waals surface area (Å²) in [6.07, 6.45) is 3.49. The number of rotatable bonds is 5. The Morgan fingerprint density at radius 1 is 1.38 bits per heavy atom. The van der Waals surface area contributed by atoms with E-state index in [1.807, 2.05) is 13.8 Å². The van der Waals surface area contributed by atoms with Crippen molar-refractivity contribution in [1.29, 1.82) is 0 Å². The van der Waals surface area contributed by atoms with Gasteiger partial charge in [-0.2, -0.15) is 0 Å². The molecule has 5 nitrogen and oxygen atoms in total. The van der Waals surface area contributed by atoms with E-state index < -0.39 is 0 Å². The van der Waals surface area contributed by atoms with E-state index in [0.717, 1.165) is 19.3 Å². The number of nitrogens with zero attached hydrogens (tertiary/aromatic N) is 1. The maximum absolute atomic E-state index is 12.9. The zero-order valence-corrected chi connectivity index (χ0v) is 15.0. The Morgan fingerprint density at radius 3 is 2.79 bits per heavy atom. The molecule has 0 radical (unpaired) electrons. The van der Waals surface area contributed by atoms with Gasteiger partial charge in [0, 0.05) is 30.8 Å². The number of nitrogens with one attached hydrogen (secondary N) is 1. The minimum absolute atomic E-state index is 0.0428. The fourth-order valence-electron chi connectivity index (χ4n) is 2.93. The molecule has 1 atom stereocenters. The Balaban J connectivity index is 2.22. The largest absolute Gasteiger partial charge is 0.396 e. The highest BCUT2D eigenvalue weighted by molar-refractivity contribution is 6.34. The van der Waals surface area contributed by atoms with Crippen LogP contribution in [0.1, 0.15) is 49.9 Å². The van der Waals surface area contributed by atoms with Crippen molar-refractivity contribution in [3.63, 3.8) is 0 Å². The third-order valence-corrected chi connectivity index (χ3v) is 4.67. The number of aliphatic hydroxyl groups excluding tert-OH is 1. The van der Waals surface area contributed by atoms with Crippen LogP contribution in [0.3, 0.4) is 0 Å². The van der Waals surface area contributed by atoms with E-state index in [1.54, 1.807) is 23.1 Å². The summed E-state index contributed by atoms with van der Waals surface area (Å²) in [5.74, 6) is -0.387. The van der Waals surface area contributed by atoms with E-state index in [9.17, 15) is 14.7 Å². The lowest BCUT2D eigenvalue weighted by molar-refractivity contribution is -0.118. The molecule has 2 N–H and O–H groups in total. The summed E-state index contributed by atoms with van der Waals surface area (Å²) in [6.45, 7) is 4.35. The maximum atomic E-state index is 12.9. The fourth-order valence-corrected chi connectivity index (χ4v) is 3.12. The predicted molar refractivity (Wildman–Crippen MR) is 95.3 cm³/mol. The van der Waals surface area contributed by atoms with E-state index >= 15 is 0 Å². The quantitative estimate of drug-likeness (QED) is 0.854. The Bertz CT molecular complexity index is 602. The number of carbonyl (C=O) groups is 2. The number of hydrogen-bond acceptors (Lipinski definition) is 3. The Morgan fingerprint density at radius 2 is 2.12 bits per heavy atom. The summed E-state index contributed by atoms with van der Waals surface area (Å²) in [5, 5.41) is 12.4. The van der Waals surface area contributed by atoms with Gasteiger partial charge in [0.25, 0.3) is 5.91 Å². The molecule has 0 bridgehead atoms. The third kappa shape index (κ3) is 4.48. The number of anilines is 1. The summed E-state index contributed by atoms with van der Waals surface area (Å²) in [5.41, 5.74) is 0.959. The molecule has 1 aromatic carbocycles. The molecule has 1 aliphatic rings. The Hall–Kier alpha value is -1.59. The normalized spacial score (nSPS) is 17.9. The van der Waals surface area contributed by atoms with Gasteiger partial charge in [-0.15, -0.1) is 0 Å². The highest BCUT2D eigenvalue weighted by Crippen LogP contribution is 2.27. The van der Waals surface area contributed by atoms with Crippen LogP contribution in [0.25, 0.3) is 0 Å². The van der Waals surface area contributed by atoms with Gasteiger partial charge in [0.2, 0.25) is 5.91 Å². The van der Waals surface area contributed by atoms with Crippen molar-refractivity contribution in [2.75, 3.05) is 18.5 Å². The lowest BCUT2D eigenvalue weighted by atomic mass is 9.98. The van der Waals surface area contributed by atoms with Crippen LogP contribution in [-0.2, 0) is 4.79 Å². The van der Waals surface area contributed by atoms with Crippen molar-refractivity contribution in [3.05, 3.63) is 28.8 Å². The van der Waals surface area contributed by atoms with Crippen LogP contribution < -0.4 is 5.32 Å². The number of likely N-dealkylation sites (tertiary alicyclic amines) is 1. The van der Waals surface area contributed by atoms with E-state index in [0.29, 0.717) is 29.2 Å². The number of halogens is 1. The minimum Gasteiger partial charge on any atom is -0.396 e. The van der Waals surface area contributed by atoms with Crippen molar-refractivity contribution >= 4 is 29.1 Å². The number of piperidine rings is 1. The second-order valence-electron chi connectivity index (χ2n) is 6.50. The van der Waals surface area contributed by atoms with E-state index in [-0.39, 0.29) is 30.4 Å². The summed E-state index contributed by atoms with van der Waals surface area (Å²) in [6, 6.07) is 5.01. The van der Waals surface area contributed by atoms with Crippen LogP contribution in [0.2, 0.25) is 5.02 Å². The molecule has 0 spiro atoms. The molecule has 0 aromatic heterocycles. The lowest BCUT2D eigenvalue weighted by Crippen LogP contribution is -2.44. The van der Waals surface area contributed by atoms with Crippen LogP contribution in [0.4, 0.5) is 5.69 Å². The van der Waals surface area contributed by atoms with Crippen molar-refractivity contribution in [2.45, 2.75) is 45.6 Å². The number of aliphatic hydroxyl groups is 1. The average molecular weight is 353 g/mol. The predicted octanol–water partition coefficient (Wildman–Crippen LogP) is 3.31. The van der Waals surface area contributed by atoms with Gasteiger partial charge < -0.3 is 15.3 Å². The molecule has 6 heteroatoms. The summed E-state index contributed by atoms with van der Waals surface area (Å²) in [7, 11) is 0. The van der Waals surface area contributed by atoms with Gasteiger partial charge in [-0.1, -0.05) is 25.4 Å². The first kappa shape index (κ1) is 18.7. The maximum Gasteiger partial charge on any atom is 0.255 e. The second kappa shape index (κ2) is 8.49. The molecule has 1 aliphatic heterocycles. The number of amides is 2. The number of carbonyl (C=O) groups excluding carboxylic acids is 2. The molecule has 2 amide bonds. The highest BCUT2D eigenvalue weighted by Gasteiger charge is 2.28. The molecule has 132 valence electrons. The topological polar surface area (TPSA) is 69.6 Å².